The second-order valence-electron chi connectivity index (χ2n) is 7.37. The zero-order chi connectivity index (χ0) is 23.3. The van der Waals surface area contributed by atoms with Crippen LogP contribution in [0.5, 0.6) is 0 Å². The summed E-state index contributed by atoms with van der Waals surface area (Å²) >= 11 is 1.16. The maximum Gasteiger partial charge on any atom is 0.418 e. The molecule has 0 spiro atoms. The molecule has 6 nitrogen and oxygen atoms in total. The summed E-state index contributed by atoms with van der Waals surface area (Å²) in [5.41, 5.74) is 0.0357. The van der Waals surface area contributed by atoms with Gasteiger partial charge >= 0.3 is 6.18 Å². The Morgan fingerprint density at radius 1 is 0.909 bits per heavy atom. The van der Waals surface area contributed by atoms with Gasteiger partial charge in [-0.3, -0.25) is 4.79 Å². The van der Waals surface area contributed by atoms with E-state index in [0.29, 0.717) is 10.8 Å². The van der Waals surface area contributed by atoms with Gasteiger partial charge in [-0.05, 0) is 24.3 Å². The fraction of sp³-hybridized carbons (Fsp3) is 0.261. The van der Waals surface area contributed by atoms with Crippen molar-refractivity contribution in [3.05, 3.63) is 72.6 Å². The molecule has 2 aromatic carbocycles. The molecule has 4 rings (SSSR count). The predicted molar refractivity (Wildman–Crippen MR) is 124 cm³/mol. The predicted octanol–water partition coefficient (Wildman–Crippen LogP) is 4.55. The molecule has 0 unspecified atom stereocenters. The van der Waals surface area contributed by atoms with Gasteiger partial charge < -0.3 is 15.1 Å². The summed E-state index contributed by atoms with van der Waals surface area (Å²) in [6.45, 7) is 3.12. The quantitative estimate of drug-likeness (QED) is 0.530. The Labute approximate surface area is 193 Å². The van der Waals surface area contributed by atoms with Gasteiger partial charge in [0.25, 0.3) is 0 Å². The highest BCUT2D eigenvalue weighted by atomic mass is 32.2. The number of hydrogen-bond acceptors (Lipinski definition) is 6. The maximum absolute atomic E-state index is 13.2. The van der Waals surface area contributed by atoms with Crippen LogP contribution in [0.15, 0.2) is 72.0 Å². The number of nitrogens with one attached hydrogen (secondary N) is 1. The van der Waals surface area contributed by atoms with E-state index in [1.807, 2.05) is 18.2 Å². The lowest BCUT2D eigenvalue weighted by atomic mass is 10.1. The molecule has 0 bridgehead atoms. The number of nitrogens with zero attached hydrogens (tertiary/aromatic N) is 4. The molecule has 1 N–H and O–H groups in total. The molecule has 1 fully saturated rings. The molecule has 1 aliphatic heterocycles. The number of piperazine rings is 1. The molecule has 1 aromatic heterocycles. The minimum absolute atomic E-state index is 0.0815. The van der Waals surface area contributed by atoms with Crippen LogP contribution in [0.4, 0.5) is 30.4 Å². The van der Waals surface area contributed by atoms with Crippen molar-refractivity contribution in [3.8, 4) is 0 Å². The number of carbonyl (C=O) groups excluding carboxylic acids is 1. The summed E-state index contributed by atoms with van der Waals surface area (Å²) in [6.07, 6.45) is -1.40. The molecule has 1 amide bonds. The normalized spacial score (nSPS) is 14.3. The van der Waals surface area contributed by atoms with Gasteiger partial charge in [0, 0.05) is 44.3 Å². The molecule has 172 valence electrons. The standard InChI is InChI=1S/C23H22F3N5OS/c24-23(25,26)18-8-4-5-9-19(18)29-20(32)16-33-22-21(27-10-11-28-22)31-14-12-30(13-15-31)17-6-2-1-3-7-17/h1-11H,12-16H2,(H,29,32). The first-order chi connectivity index (χ1) is 15.9. The fourth-order valence-corrected chi connectivity index (χ4v) is 4.40. The topological polar surface area (TPSA) is 61.4 Å². The maximum atomic E-state index is 13.2. The van der Waals surface area contributed by atoms with E-state index in [-0.39, 0.29) is 11.4 Å². The number of thioether (sulfide) groups is 1. The van der Waals surface area contributed by atoms with E-state index in [4.69, 9.17) is 0 Å². The van der Waals surface area contributed by atoms with Crippen LogP contribution in [0.25, 0.3) is 0 Å². The lowest BCUT2D eigenvalue weighted by molar-refractivity contribution is -0.137. The highest BCUT2D eigenvalue weighted by molar-refractivity contribution is 8.00. The molecule has 1 saturated heterocycles. The average molecular weight is 474 g/mol. The summed E-state index contributed by atoms with van der Waals surface area (Å²) in [4.78, 5) is 25.6. The number of para-hydroxylation sites is 2. The second kappa shape index (κ2) is 10.1. The van der Waals surface area contributed by atoms with Gasteiger partial charge in [0.05, 0.1) is 17.0 Å². The molecule has 33 heavy (non-hydrogen) atoms. The summed E-state index contributed by atoms with van der Waals surface area (Å²) in [5.74, 6) is 0.0582. The molecule has 0 saturated carbocycles. The van der Waals surface area contributed by atoms with Gasteiger partial charge in [0.15, 0.2) is 5.82 Å². The number of halogens is 3. The summed E-state index contributed by atoms with van der Waals surface area (Å²) in [7, 11) is 0. The SMILES string of the molecule is O=C(CSc1nccnc1N1CCN(c2ccccc2)CC1)Nc1ccccc1C(F)(F)F. The third-order valence-electron chi connectivity index (χ3n) is 5.19. The van der Waals surface area contributed by atoms with Crippen molar-refractivity contribution in [1.82, 2.24) is 9.97 Å². The Kier molecular flexibility index (Phi) is 7.02. The number of carbonyl (C=O) groups is 1. The van der Waals surface area contributed by atoms with Gasteiger partial charge in [0.2, 0.25) is 5.91 Å². The van der Waals surface area contributed by atoms with Crippen LogP contribution in [-0.2, 0) is 11.0 Å². The van der Waals surface area contributed by atoms with Gasteiger partial charge in [-0.2, -0.15) is 13.2 Å². The third kappa shape index (κ3) is 5.75. The third-order valence-corrected chi connectivity index (χ3v) is 6.16. The van der Waals surface area contributed by atoms with E-state index >= 15 is 0 Å². The van der Waals surface area contributed by atoms with E-state index in [9.17, 15) is 18.0 Å². The number of rotatable bonds is 6. The molecule has 3 aromatic rings. The van der Waals surface area contributed by atoms with Crippen molar-refractivity contribution in [1.29, 1.82) is 0 Å². The van der Waals surface area contributed by atoms with Crippen LogP contribution in [0.2, 0.25) is 0 Å². The second-order valence-corrected chi connectivity index (χ2v) is 8.34. The molecule has 2 heterocycles. The summed E-state index contributed by atoms with van der Waals surface area (Å²) < 4.78 is 39.5. The Morgan fingerprint density at radius 2 is 1.55 bits per heavy atom. The lowest BCUT2D eigenvalue weighted by Crippen LogP contribution is -2.47. The molecular formula is C23H22F3N5OS. The highest BCUT2D eigenvalue weighted by Gasteiger charge is 2.33. The van der Waals surface area contributed by atoms with Gasteiger partial charge in [-0.1, -0.05) is 42.1 Å². The largest absolute Gasteiger partial charge is 0.418 e. The van der Waals surface area contributed by atoms with Crippen molar-refractivity contribution in [2.45, 2.75) is 11.2 Å². The molecule has 0 atom stereocenters. The van der Waals surface area contributed by atoms with E-state index in [1.54, 1.807) is 12.4 Å². The Hall–Kier alpha value is -3.27. The van der Waals surface area contributed by atoms with Crippen molar-refractivity contribution < 1.29 is 18.0 Å². The minimum Gasteiger partial charge on any atom is -0.368 e. The first-order valence-electron chi connectivity index (χ1n) is 10.4. The van der Waals surface area contributed by atoms with Crippen LogP contribution >= 0.6 is 11.8 Å². The number of alkyl halides is 3. The highest BCUT2D eigenvalue weighted by Crippen LogP contribution is 2.35. The summed E-state index contributed by atoms with van der Waals surface area (Å²) in [6, 6.07) is 15.1. The van der Waals surface area contributed by atoms with Crippen molar-refractivity contribution in [3.63, 3.8) is 0 Å². The van der Waals surface area contributed by atoms with Gasteiger partial charge in [-0.25, -0.2) is 9.97 Å². The van der Waals surface area contributed by atoms with Crippen molar-refractivity contribution >= 4 is 34.9 Å². The molecule has 0 aliphatic carbocycles. The zero-order valence-corrected chi connectivity index (χ0v) is 18.4. The van der Waals surface area contributed by atoms with Crippen LogP contribution < -0.4 is 15.1 Å². The Balaban J connectivity index is 1.38. The Bertz CT molecular complexity index is 1090. The number of aromatic nitrogens is 2. The molecule has 1 aliphatic rings. The van der Waals surface area contributed by atoms with E-state index in [0.717, 1.165) is 44.0 Å². The first-order valence-corrected chi connectivity index (χ1v) is 11.4. The number of hydrogen-bond donors (Lipinski definition) is 1. The average Bonchev–Trinajstić information content (AvgIpc) is 2.83. The van der Waals surface area contributed by atoms with Gasteiger partial charge in [0.1, 0.15) is 5.03 Å². The number of benzene rings is 2. The van der Waals surface area contributed by atoms with E-state index in [2.05, 4.69) is 37.2 Å². The van der Waals surface area contributed by atoms with E-state index in [1.165, 1.54) is 23.9 Å². The van der Waals surface area contributed by atoms with E-state index < -0.39 is 17.6 Å². The molecule has 10 heteroatoms. The molecular weight excluding hydrogens is 451 g/mol. The number of anilines is 3. The molecule has 0 radical (unpaired) electrons. The van der Waals surface area contributed by atoms with Crippen LogP contribution in [0, 0.1) is 0 Å². The van der Waals surface area contributed by atoms with Crippen molar-refractivity contribution in [2.75, 3.05) is 47.0 Å². The summed E-state index contributed by atoms with van der Waals surface area (Å²) in [5, 5.41) is 2.94. The minimum atomic E-state index is -4.54. The van der Waals surface area contributed by atoms with Gasteiger partial charge in [-0.15, -0.1) is 0 Å². The van der Waals surface area contributed by atoms with Crippen LogP contribution in [0.1, 0.15) is 5.56 Å². The fourth-order valence-electron chi connectivity index (χ4n) is 3.61. The first kappa shape index (κ1) is 22.9. The number of amides is 1. The zero-order valence-electron chi connectivity index (χ0n) is 17.6. The monoisotopic (exact) mass is 473 g/mol. The Morgan fingerprint density at radius 3 is 2.27 bits per heavy atom. The lowest BCUT2D eigenvalue weighted by Gasteiger charge is -2.37. The smallest absolute Gasteiger partial charge is 0.368 e. The van der Waals surface area contributed by atoms with Crippen LogP contribution in [-0.4, -0.2) is 47.8 Å². The van der Waals surface area contributed by atoms with Crippen LogP contribution in [0.3, 0.4) is 0 Å². The van der Waals surface area contributed by atoms with Crippen molar-refractivity contribution in [2.24, 2.45) is 0 Å².